The standard InChI is InChI=1S/C12H15O8P/c1-7(2)11(15)9(5-13)19-21(17,18)20-10(6-14)12(16)8(3)4/h5-6,9-10H,1,3H2,2,4H3,(H,17,18). The second kappa shape index (κ2) is 7.90. The summed E-state index contributed by atoms with van der Waals surface area (Å²) in [4.78, 5) is 53.7. The van der Waals surface area contributed by atoms with Gasteiger partial charge in [-0.25, -0.2) is 4.57 Å². The first-order valence-electron chi connectivity index (χ1n) is 5.55. The minimum atomic E-state index is -5.01. The van der Waals surface area contributed by atoms with Crippen molar-refractivity contribution >= 4 is 32.0 Å². The van der Waals surface area contributed by atoms with Crippen LogP contribution >= 0.6 is 7.82 Å². The molecule has 0 heterocycles. The number of carbonyl (C=O) groups excluding carboxylic acids is 4. The highest BCUT2D eigenvalue weighted by atomic mass is 31.2. The molecular formula is C12H15O8P. The van der Waals surface area contributed by atoms with Gasteiger partial charge >= 0.3 is 7.82 Å². The quantitative estimate of drug-likeness (QED) is 0.268. The van der Waals surface area contributed by atoms with Crippen molar-refractivity contribution in [3.05, 3.63) is 24.3 Å². The summed E-state index contributed by atoms with van der Waals surface area (Å²) >= 11 is 0. The smallest absolute Gasteiger partial charge is 0.302 e. The summed E-state index contributed by atoms with van der Waals surface area (Å²) in [6, 6.07) is 0. The van der Waals surface area contributed by atoms with Crippen LogP contribution in [-0.4, -0.2) is 41.2 Å². The molecule has 0 fully saturated rings. The predicted octanol–water partition coefficient (Wildman–Crippen LogP) is 0.545. The second-order valence-corrected chi connectivity index (χ2v) is 5.44. The molecule has 0 bridgehead atoms. The van der Waals surface area contributed by atoms with Crippen molar-refractivity contribution in [2.75, 3.05) is 0 Å². The summed E-state index contributed by atoms with van der Waals surface area (Å²) in [7, 11) is -5.01. The molecule has 0 radical (unpaired) electrons. The Balaban J connectivity index is 5.08. The minimum Gasteiger partial charge on any atom is -0.302 e. The summed E-state index contributed by atoms with van der Waals surface area (Å²) in [6.07, 6.45) is -3.91. The summed E-state index contributed by atoms with van der Waals surface area (Å²) in [5, 5.41) is 0. The van der Waals surface area contributed by atoms with Crippen LogP contribution in [0.25, 0.3) is 0 Å². The molecule has 0 aromatic rings. The third-order valence-corrected chi connectivity index (χ3v) is 3.09. The van der Waals surface area contributed by atoms with Crippen LogP contribution in [0.1, 0.15) is 13.8 Å². The van der Waals surface area contributed by atoms with Gasteiger partial charge in [0.25, 0.3) is 0 Å². The fourth-order valence-corrected chi connectivity index (χ4v) is 1.98. The summed E-state index contributed by atoms with van der Waals surface area (Å²) < 4.78 is 20.3. The lowest BCUT2D eigenvalue weighted by molar-refractivity contribution is -0.131. The molecule has 0 spiro atoms. The van der Waals surface area contributed by atoms with Crippen molar-refractivity contribution in [1.82, 2.24) is 0 Å². The largest absolute Gasteiger partial charge is 0.474 e. The zero-order valence-electron chi connectivity index (χ0n) is 11.5. The molecule has 0 aliphatic rings. The zero-order valence-corrected chi connectivity index (χ0v) is 12.4. The van der Waals surface area contributed by atoms with Crippen molar-refractivity contribution in [3.8, 4) is 0 Å². The molecule has 0 saturated heterocycles. The lowest BCUT2D eigenvalue weighted by atomic mass is 10.1. The highest BCUT2D eigenvalue weighted by molar-refractivity contribution is 7.47. The van der Waals surface area contributed by atoms with E-state index in [0.29, 0.717) is 0 Å². The summed E-state index contributed by atoms with van der Waals surface area (Å²) in [5.41, 5.74) is -0.172. The van der Waals surface area contributed by atoms with Crippen LogP contribution < -0.4 is 0 Å². The average Bonchev–Trinajstić information content (AvgIpc) is 2.40. The van der Waals surface area contributed by atoms with Crippen LogP contribution in [0.5, 0.6) is 0 Å². The van der Waals surface area contributed by atoms with E-state index in [1.807, 2.05) is 0 Å². The molecule has 0 aromatic carbocycles. The Morgan fingerprint density at radius 2 is 1.29 bits per heavy atom. The van der Waals surface area contributed by atoms with Gasteiger partial charge in [-0.15, -0.1) is 0 Å². The van der Waals surface area contributed by atoms with Gasteiger partial charge in [-0.1, -0.05) is 13.2 Å². The van der Waals surface area contributed by atoms with Gasteiger partial charge < -0.3 is 4.89 Å². The van der Waals surface area contributed by atoms with E-state index in [0.717, 1.165) is 0 Å². The van der Waals surface area contributed by atoms with E-state index in [-0.39, 0.29) is 23.7 Å². The molecule has 2 atom stereocenters. The number of hydrogen-bond donors (Lipinski definition) is 1. The van der Waals surface area contributed by atoms with Crippen LogP contribution in [0.2, 0.25) is 0 Å². The Labute approximate surface area is 121 Å². The molecular weight excluding hydrogens is 303 g/mol. The first-order valence-corrected chi connectivity index (χ1v) is 7.05. The van der Waals surface area contributed by atoms with E-state index in [2.05, 4.69) is 22.2 Å². The van der Waals surface area contributed by atoms with Gasteiger partial charge in [0.2, 0.25) is 0 Å². The molecule has 0 aromatic heterocycles. The molecule has 0 amide bonds. The van der Waals surface area contributed by atoms with Crippen molar-refractivity contribution in [3.63, 3.8) is 0 Å². The number of rotatable bonds is 10. The minimum absolute atomic E-state index is 0.0280. The fraction of sp³-hybridized carbons (Fsp3) is 0.333. The number of ketones is 2. The molecule has 116 valence electrons. The fourth-order valence-electron chi connectivity index (χ4n) is 1.07. The van der Waals surface area contributed by atoms with Crippen molar-refractivity contribution in [1.29, 1.82) is 0 Å². The third kappa shape index (κ3) is 6.05. The van der Waals surface area contributed by atoms with Crippen LogP contribution in [0, 0.1) is 0 Å². The van der Waals surface area contributed by atoms with E-state index in [1.165, 1.54) is 13.8 Å². The molecule has 0 saturated carbocycles. The van der Waals surface area contributed by atoms with Gasteiger partial charge in [0.05, 0.1) is 0 Å². The lowest BCUT2D eigenvalue weighted by Gasteiger charge is -2.18. The Hall–Kier alpha value is -1.73. The number of Topliss-reactive ketones (excluding diaryl/α,β-unsaturated/α-hetero) is 2. The lowest BCUT2D eigenvalue weighted by Crippen LogP contribution is -2.29. The molecule has 0 aliphatic heterocycles. The van der Waals surface area contributed by atoms with E-state index < -0.39 is 31.6 Å². The predicted molar refractivity (Wildman–Crippen MR) is 71.3 cm³/mol. The number of aldehydes is 2. The third-order valence-electron chi connectivity index (χ3n) is 2.10. The molecule has 0 aliphatic carbocycles. The molecule has 1 N–H and O–H groups in total. The molecule has 21 heavy (non-hydrogen) atoms. The molecule has 8 nitrogen and oxygen atoms in total. The van der Waals surface area contributed by atoms with E-state index >= 15 is 0 Å². The highest BCUT2D eigenvalue weighted by Crippen LogP contribution is 2.46. The zero-order chi connectivity index (χ0) is 16.8. The van der Waals surface area contributed by atoms with Crippen molar-refractivity contribution in [2.45, 2.75) is 26.1 Å². The van der Waals surface area contributed by atoms with Gasteiger partial charge in [-0.2, -0.15) is 0 Å². The van der Waals surface area contributed by atoms with Gasteiger partial charge in [0.15, 0.2) is 36.3 Å². The normalized spacial score (nSPS) is 16.1. The van der Waals surface area contributed by atoms with Gasteiger partial charge in [0, 0.05) is 0 Å². The Bertz CT molecular complexity index is 491. The molecule has 2 unspecified atom stereocenters. The van der Waals surface area contributed by atoms with E-state index in [1.54, 1.807) is 0 Å². The van der Waals surface area contributed by atoms with Crippen LogP contribution in [0.3, 0.4) is 0 Å². The maximum absolute atomic E-state index is 11.6. The summed E-state index contributed by atoms with van der Waals surface area (Å²) in [5.74, 6) is -1.87. The SMILES string of the molecule is C=C(C)C(=O)C(C=O)OP(=O)(O)OC(C=O)C(=O)C(=C)C. The summed E-state index contributed by atoms with van der Waals surface area (Å²) in [6.45, 7) is 9.06. The Morgan fingerprint density at radius 3 is 1.48 bits per heavy atom. The number of phosphoric ester groups is 1. The first-order chi connectivity index (χ1) is 9.55. The van der Waals surface area contributed by atoms with Crippen LogP contribution in [0.4, 0.5) is 0 Å². The van der Waals surface area contributed by atoms with E-state index in [4.69, 9.17) is 0 Å². The van der Waals surface area contributed by atoms with Crippen molar-refractivity contribution in [2.24, 2.45) is 0 Å². The van der Waals surface area contributed by atoms with Crippen molar-refractivity contribution < 1.29 is 37.7 Å². The first kappa shape index (κ1) is 19.3. The number of carbonyl (C=O) groups is 4. The molecule has 0 rings (SSSR count). The van der Waals surface area contributed by atoms with Crippen LogP contribution in [0.15, 0.2) is 24.3 Å². The van der Waals surface area contributed by atoms with E-state index in [9.17, 15) is 28.6 Å². The number of phosphoric acid groups is 1. The maximum atomic E-state index is 11.6. The highest BCUT2D eigenvalue weighted by Gasteiger charge is 2.35. The second-order valence-electron chi connectivity index (χ2n) is 4.08. The van der Waals surface area contributed by atoms with Gasteiger partial charge in [-0.3, -0.25) is 28.2 Å². The average molecular weight is 318 g/mol. The maximum Gasteiger partial charge on any atom is 0.474 e. The Kier molecular flexibility index (Phi) is 7.25. The van der Waals surface area contributed by atoms with Gasteiger partial charge in [-0.05, 0) is 25.0 Å². The molecule has 9 heteroatoms. The monoisotopic (exact) mass is 318 g/mol. The Morgan fingerprint density at radius 1 is 1.00 bits per heavy atom. The topological polar surface area (TPSA) is 124 Å². The van der Waals surface area contributed by atoms with Crippen LogP contribution in [-0.2, 0) is 32.8 Å². The number of hydrogen-bond acceptors (Lipinski definition) is 7. The van der Waals surface area contributed by atoms with Gasteiger partial charge in [0.1, 0.15) is 0 Å².